The number of ether oxygens (including phenoxy) is 1. The molecule has 0 amide bonds. The molecule has 25 heavy (non-hydrogen) atoms. The summed E-state index contributed by atoms with van der Waals surface area (Å²) in [6.45, 7) is 3.09. The van der Waals surface area contributed by atoms with Crippen molar-refractivity contribution in [3.8, 4) is 11.1 Å². The van der Waals surface area contributed by atoms with Crippen molar-refractivity contribution in [2.24, 2.45) is 7.05 Å². The second-order valence-electron chi connectivity index (χ2n) is 6.48. The SMILES string of the molecule is Cn1ccc2cc(-c3ccc4oc(N5CCOCC5)nc4c3)ccc21. The van der Waals surface area contributed by atoms with E-state index in [9.17, 15) is 0 Å². The van der Waals surface area contributed by atoms with Crippen LogP contribution in [0.4, 0.5) is 6.01 Å². The van der Waals surface area contributed by atoms with Gasteiger partial charge in [-0.05, 0) is 41.5 Å². The van der Waals surface area contributed by atoms with Crippen LogP contribution in [0.1, 0.15) is 0 Å². The highest BCUT2D eigenvalue weighted by molar-refractivity contribution is 5.88. The maximum atomic E-state index is 5.93. The van der Waals surface area contributed by atoms with Gasteiger partial charge in [-0.3, -0.25) is 0 Å². The van der Waals surface area contributed by atoms with E-state index in [2.05, 4.69) is 64.1 Å². The van der Waals surface area contributed by atoms with Gasteiger partial charge in [-0.25, -0.2) is 0 Å². The molecule has 1 aliphatic heterocycles. The first-order valence-electron chi connectivity index (χ1n) is 8.57. The molecule has 0 radical (unpaired) electrons. The Kier molecular flexibility index (Phi) is 3.28. The number of morpholine rings is 1. The number of rotatable bonds is 2. The van der Waals surface area contributed by atoms with Gasteiger partial charge in [-0.2, -0.15) is 4.98 Å². The fourth-order valence-corrected chi connectivity index (χ4v) is 3.45. The number of oxazole rings is 1. The van der Waals surface area contributed by atoms with Gasteiger partial charge < -0.3 is 18.6 Å². The number of hydrogen-bond acceptors (Lipinski definition) is 4. The third-order valence-electron chi connectivity index (χ3n) is 4.88. The van der Waals surface area contributed by atoms with Gasteiger partial charge in [-0.1, -0.05) is 12.1 Å². The van der Waals surface area contributed by atoms with Crippen molar-refractivity contribution >= 4 is 28.0 Å². The van der Waals surface area contributed by atoms with Gasteiger partial charge >= 0.3 is 0 Å². The minimum absolute atomic E-state index is 0.689. The van der Waals surface area contributed by atoms with Crippen LogP contribution in [0, 0.1) is 0 Å². The molecule has 126 valence electrons. The maximum Gasteiger partial charge on any atom is 0.298 e. The lowest BCUT2D eigenvalue weighted by Gasteiger charge is -2.24. The molecule has 0 aliphatic carbocycles. The minimum Gasteiger partial charge on any atom is -0.423 e. The number of nitrogens with zero attached hydrogens (tertiary/aromatic N) is 3. The Morgan fingerprint density at radius 1 is 0.960 bits per heavy atom. The molecular formula is C20H19N3O2. The molecule has 4 aromatic rings. The van der Waals surface area contributed by atoms with Crippen LogP contribution >= 0.6 is 0 Å². The van der Waals surface area contributed by atoms with Gasteiger partial charge in [-0.15, -0.1) is 0 Å². The Morgan fingerprint density at radius 2 is 1.76 bits per heavy atom. The fraction of sp³-hybridized carbons (Fsp3) is 0.250. The molecule has 3 heterocycles. The van der Waals surface area contributed by atoms with Crippen LogP contribution < -0.4 is 4.90 Å². The van der Waals surface area contributed by atoms with Crippen LogP contribution in [0.15, 0.2) is 53.1 Å². The fourth-order valence-electron chi connectivity index (χ4n) is 3.45. The predicted octanol–water partition coefficient (Wildman–Crippen LogP) is 3.82. The van der Waals surface area contributed by atoms with E-state index in [4.69, 9.17) is 9.15 Å². The zero-order valence-corrected chi connectivity index (χ0v) is 14.1. The predicted molar refractivity (Wildman–Crippen MR) is 99.0 cm³/mol. The van der Waals surface area contributed by atoms with Crippen LogP contribution in [0.5, 0.6) is 0 Å². The second kappa shape index (κ2) is 5.63. The highest BCUT2D eigenvalue weighted by Gasteiger charge is 2.17. The second-order valence-corrected chi connectivity index (χ2v) is 6.48. The van der Waals surface area contributed by atoms with Gasteiger partial charge in [0.1, 0.15) is 5.52 Å². The van der Waals surface area contributed by atoms with E-state index in [1.54, 1.807) is 0 Å². The maximum absolute atomic E-state index is 5.93. The minimum atomic E-state index is 0.689. The highest BCUT2D eigenvalue weighted by Crippen LogP contribution is 2.29. The smallest absolute Gasteiger partial charge is 0.298 e. The number of fused-ring (bicyclic) bond motifs is 2. The molecule has 0 spiro atoms. The standard InChI is InChI=1S/C20H19N3O2/c1-22-7-6-16-12-14(2-4-18(16)22)15-3-5-19-17(13-15)21-20(25-19)23-8-10-24-11-9-23/h2-7,12-13H,8-11H2,1H3. The lowest BCUT2D eigenvalue weighted by Crippen LogP contribution is -2.36. The molecular weight excluding hydrogens is 314 g/mol. The molecule has 1 fully saturated rings. The van der Waals surface area contributed by atoms with E-state index in [0.29, 0.717) is 6.01 Å². The largest absolute Gasteiger partial charge is 0.423 e. The van der Waals surface area contributed by atoms with Gasteiger partial charge in [0.15, 0.2) is 5.58 Å². The molecule has 5 nitrogen and oxygen atoms in total. The molecule has 1 saturated heterocycles. The van der Waals surface area contributed by atoms with Gasteiger partial charge in [0, 0.05) is 37.2 Å². The topological polar surface area (TPSA) is 43.4 Å². The molecule has 0 N–H and O–H groups in total. The Morgan fingerprint density at radius 3 is 2.64 bits per heavy atom. The quantitative estimate of drug-likeness (QED) is 0.559. The molecule has 5 heteroatoms. The summed E-state index contributed by atoms with van der Waals surface area (Å²) in [4.78, 5) is 6.83. The average molecular weight is 333 g/mol. The number of aryl methyl sites for hydroxylation is 1. The lowest BCUT2D eigenvalue weighted by molar-refractivity contribution is 0.120. The Bertz CT molecular complexity index is 1060. The molecule has 1 aliphatic rings. The van der Waals surface area contributed by atoms with Crippen LogP contribution in [0.25, 0.3) is 33.1 Å². The van der Waals surface area contributed by atoms with Crippen LogP contribution in [-0.4, -0.2) is 35.9 Å². The van der Waals surface area contributed by atoms with E-state index in [1.165, 1.54) is 16.5 Å². The first-order valence-corrected chi connectivity index (χ1v) is 8.57. The number of benzene rings is 2. The van der Waals surface area contributed by atoms with E-state index in [1.807, 2.05) is 6.07 Å². The lowest BCUT2D eigenvalue weighted by atomic mass is 10.0. The molecule has 2 aromatic carbocycles. The summed E-state index contributed by atoms with van der Waals surface area (Å²) in [6, 6.07) is 15.6. The number of anilines is 1. The van der Waals surface area contributed by atoms with Crippen LogP contribution in [0.3, 0.4) is 0 Å². The first-order chi connectivity index (χ1) is 12.3. The summed E-state index contributed by atoms with van der Waals surface area (Å²) in [7, 11) is 2.07. The molecule has 0 bridgehead atoms. The number of aromatic nitrogens is 2. The summed E-state index contributed by atoms with van der Waals surface area (Å²) >= 11 is 0. The van der Waals surface area contributed by atoms with Crippen molar-refractivity contribution < 1.29 is 9.15 Å². The monoisotopic (exact) mass is 333 g/mol. The summed E-state index contributed by atoms with van der Waals surface area (Å²) < 4.78 is 13.5. The van der Waals surface area contributed by atoms with Crippen molar-refractivity contribution in [3.05, 3.63) is 48.7 Å². The molecule has 2 aromatic heterocycles. The zero-order valence-electron chi connectivity index (χ0n) is 14.1. The van der Waals surface area contributed by atoms with Gasteiger partial charge in [0.2, 0.25) is 0 Å². The van der Waals surface area contributed by atoms with Crippen molar-refractivity contribution in [1.82, 2.24) is 9.55 Å². The summed E-state index contributed by atoms with van der Waals surface area (Å²) in [6.07, 6.45) is 2.09. The Balaban J connectivity index is 1.54. The Labute approximate surface area is 145 Å². The van der Waals surface area contributed by atoms with E-state index in [-0.39, 0.29) is 0 Å². The van der Waals surface area contributed by atoms with Crippen molar-refractivity contribution in [1.29, 1.82) is 0 Å². The van der Waals surface area contributed by atoms with Crippen molar-refractivity contribution in [2.45, 2.75) is 0 Å². The normalized spacial score (nSPS) is 15.3. The third-order valence-corrected chi connectivity index (χ3v) is 4.88. The van der Waals surface area contributed by atoms with E-state index in [0.717, 1.165) is 43.0 Å². The highest BCUT2D eigenvalue weighted by atomic mass is 16.5. The zero-order chi connectivity index (χ0) is 16.8. The molecule has 0 saturated carbocycles. The van der Waals surface area contributed by atoms with Gasteiger partial charge in [0.25, 0.3) is 6.01 Å². The summed E-state index contributed by atoms with van der Waals surface area (Å²) in [5.41, 5.74) is 5.30. The first kappa shape index (κ1) is 14.5. The number of hydrogen-bond donors (Lipinski definition) is 0. The van der Waals surface area contributed by atoms with Gasteiger partial charge in [0.05, 0.1) is 13.2 Å². The van der Waals surface area contributed by atoms with E-state index < -0.39 is 0 Å². The van der Waals surface area contributed by atoms with E-state index >= 15 is 0 Å². The summed E-state index contributed by atoms with van der Waals surface area (Å²) in [5.74, 6) is 0. The summed E-state index contributed by atoms with van der Waals surface area (Å²) in [5, 5.41) is 1.24. The van der Waals surface area contributed by atoms with Crippen LogP contribution in [-0.2, 0) is 11.8 Å². The van der Waals surface area contributed by atoms with Crippen molar-refractivity contribution in [2.75, 3.05) is 31.2 Å². The third kappa shape index (κ3) is 2.48. The molecule has 0 atom stereocenters. The average Bonchev–Trinajstić information content (AvgIpc) is 3.25. The Hall–Kier alpha value is -2.79. The van der Waals surface area contributed by atoms with Crippen molar-refractivity contribution in [3.63, 3.8) is 0 Å². The molecule has 0 unspecified atom stereocenters. The molecule has 5 rings (SSSR count). The van der Waals surface area contributed by atoms with Crippen LogP contribution in [0.2, 0.25) is 0 Å².